The van der Waals surface area contributed by atoms with Gasteiger partial charge in [-0.2, -0.15) is 0 Å². The lowest BCUT2D eigenvalue weighted by atomic mass is 10.1. The summed E-state index contributed by atoms with van der Waals surface area (Å²) < 4.78 is 0. The summed E-state index contributed by atoms with van der Waals surface area (Å²) in [6, 6.07) is 16.6. The van der Waals surface area contributed by atoms with E-state index in [1.54, 1.807) is 6.07 Å². The summed E-state index contributed by atoms with van der Waals surface area (Å²) >= 11 is 0. The highest BCUT2D eigenvalue weighted by molar-refractivity contribution is 6.07. The maximum atomic E-state index is 12.5. The number of hydrogen-bond acceptors (Lipinski definition) is 3. The van der Waals surface area contributed by atoms with Crippen molar-refractivity contribution in [2.24, 2.45) is 0 Å². The molecule has 1 aromatic heterocycles. The Morgan fingerprint density at radius 3 is 2.11 bits per heavy atom. The third-order valence-electron chi connectivity index (χ3n) is 4.35. The molecule has 0 bridgehead atoms. The molecule has 3 aromatic rings. The van der Waals surface area contributed by atoms with Crippen LogP contribution in [0.1, 0.15) is 44.5 Å². The summed E-state index contributed by atoms with van der Waals surface area (Å²) in [6.07, 6.45) is 2.41. The number of anilines is 2. The molecular weight excluding hydrogens is 350 g/mol. The van der Waals surface area contributed by atoms with Crippen LogP contribution < -0.4 is 10.6 Å². The zero-order valence-electron chi connectivity index (χ0n) is 16.2. The molecule has 0 aliphatic carbocycles. The Bertz CT molecular complexity index is 990. The van der Waals surface area contributed by atoms with Crippen LogP contribution in [0.25, 0.3) is 0 Å². The monoisotopic (exact) mass is 373 g/mol. The van der Waals surface area contributed by atoms with E-state index in [4.69, 9.17) is 0 Å². The van der Waals surface area contributed by atoms with Crippen molar-refractivity contribution < 1.29 is 9.59 Å². The topological polar surface area (TPSA) is 71.1 Å². The van der Waals surface area contributed by atoms with Crippen molar-refractivity contribution in [3.63, 3.8) is 0 Å². The van der Waals surface area contributed by atoms with Gasteiger partial charge in [0, 0.05) is 23.1 Å². The number of hydrogen-bond donors (Lipinski definition) is 2. The predicted octanol–water partition coefficient (Wildman–Crippen LogP) is 4.77. The maximum absolute atomic E-state index is 12.5. The minimum Gasteiger partial charge on any atom is -0.322 e. The van der Waals surface area contributed by atoms with E-state index in [-0.39, 0.29) is 17.5 Å². The van der Waals surface area contributed by atoms with Crippen LogP contribution in [-0.4, -0.2) is 16.8 Å². The molecule has 1 heterocycles. The number of carbonyl (C=O) groups excluding carboxylic acids is 2. The van der Waals surface area contributed by atoms with Crippen molar-refractivity contribution in [1.29, 1.82) is 0 Å². The molecule has 0 saturated heterocycles. The fraction of sp³-hybridized carbons (Fsp3) is 0.174. The second kappa shape index (κ2) is 8.48. The Morgan fingerprint density at radius 1 is 0.821 bits per heavy atom. The van der Waals surface area contributed by atoms with Crippen LogP contribution in [0.3, 0.4) is 0 Å². The minimum atomic E-state index is -0.355. The Hall–Kier alpha value is -3.47. The molecule has 0 atom stereocenters. The van der Waals surface area contributed by atoms with Crippen LogP contribution in [0.5, 0.6) is 0 Å². The molecule has 28 heavy (non-hydrogen) atoms. The highest BCUT2D eigenvalue weighted by Gasteiger charge is 2.13. The lowest BCUT2D eigenvalue weighted by molar-refractivity contribution is 0.102. The van der Waals surface area contributed by atoms with Gasteiger partial charge in [0.1, 0.15) is 5.69 Å². The fourth-order valence-electron chi connectivity index (χ4n) is 2.96. The SMILES string of the molecule is CCc1ccc(NC(=O)c2ccnc(C(=O)Nc3cc(C)cc(C)c3)c2)cc1. The van der Waals surface area contributed by atoms with Crippen molar-refractivity contribution in [1.82, 2.24) is 4.98 Å². The second-order valence-electron chi connectivity index (χ2n) is 6.76. The fourth-order valence-corrected chi connectivity index (χ4v) is 2.96. The van der Waals surface area contributed by atoms with E-state index in [9.17, 15) is 9.59 Å². The molecule has 0 radical (unpaired) electrons. The summed E-state index contributed by atoms with van der Waals surface area (Å²) in [5.41, 5.74) is 5.30. The quantitative estimate of drug-likeness (QED) is 0.677. The largest absolute Gasteiger partial charge is 0.322 e. The highest BCUT2D eigenvalue weighted by Crippen LogP contribution is 2.16. The predicted molar refractivity (Wildman–Crippen MR) is 112 cm³/mol. The van der Waals surface area contributed by atoms with E-state index in [0.717, 1.165) is 17.5 Å². The Balaban J connectivity index is 1.73. The van der Waals surface area contributed by atoms with Gasteiger partial charge in [-0.25, -0.2) is 0 Å². The van der Waals surface area contributed by atoms with Crippen LogP contribution in [0, 0.1) is 13.8 Å². The van der Waals surface area contributed by atoms with Crippen LogP contribution in [0.4, 0.5) is 11.4 Å². The van der Waals surface area contributed by atoms with Crippen molar-refractivity contribution in [2.45, 2.75) is 27.2 Å². The number of aromatic nitrogens is 1. The summed E-state index contributed by atoms with van der Waals surface area (Å²) in [6.45, 7) is 6.02. The molecule has 3 rings (SSSR count). The Labute approximate surface area is 164 Å². The van der Waals surface area contributed by atoms with Crippen molar-refractivity contribution in [2.75, 3.05) is 10.6 Å². The number of aryl methyl sites for hydroxylation is 3. The van der Waals surface area contributed by atoms with Gasteiger partial charge in [-0.3, -0.25) is 14.6 Å². The van der Waals surface area contributed by atoms with Gasteiger partial charge in [0.2, 0.25) is 0 Å². The molecule has 142 valence electrons. The first kappa shape index (κ1) is 19.3. The van der Waals surface area contributed by atoms with Crippen molar-refractivity contribution in [3.05, 3.63) is 88.7 Å². The molecule has 0 unspecified atom stereocenters. The summed E-state index contributed by atoms with van der Waals surface area (Å²) in [5.74, 6) is -0.640. The third kappa shape index (κ3) is 4.82. The molecule has 0 spiro atoms. The smallest absolute Gasteiger partial charge is 0.274 e. The van der Waals surface area contributed by atoms with Crippen LogP contribution in [0.2, 0.25) is 0 Å². The lowest BCUT2D eigenvalue weighted by Crippen LogP contribution is -2.17. The van der Waals surface area contributed by atoms with Crippen molar-refractivity contribution >= 4 is 23.2 Å². The first-order chi connectivity index (χ1) is 13.4. The van der Waals surface area contributed by atoms with E-state index in [2.05, 4.69) is 22.5 Å². The lowest BCUT2D eigenvalue weighted by Gasteiger charge is -2.09. The number of amides is 2. The maximum Gasteiger partial charge on any atom is 0.274 e. The molecule has 0 fully saturated rings. The van der Waals surface area contributed by atoms with Gasteiger partial charge < -0.3 is 10.6 Å². The van der Waals surface area contributed by atoms with Crippen LogP contribution >= 0.6 is 0 Å². The Morgan fingerprint density at radius 2 is 1.46 bits per heavy atom. The van der Waals surface area contributed by atoms with Gasteiger partial charge in [-0.15, -0.1) is 0 Å². The zero-order valence-corrected chi connectivity index (χ0v) is 16.2. The van der Waals surface area contributed by atoms with Crippen LogP contribution in [0.15, 0.2) is 60.8 Å². The van der Waals surface area contributed by atoms with Crippen molar-refractivity contribution in [3.8, 4) is 0 Å². The molecule has 0 aliphatic rings. The van der Waals surface area contributed by atoms with Gasteiger partial charge in [0.25, 0.3) is 11.8 Å². The Kier molecular flexibility index (Phi) is 5.84. The first-order valence-corrected chi connectivity index (χ1v) is 9.20. The molecule has 0 aliphatic heterocycles. The summed E-state index contributed by atoms with van der Waals surface area (Å²) in [7, 11) is 0. The van der Waals surface area contributed by atoms with E-state index >= 15 is 0 Å². The average Bonchev–Trinajstić information content (AvgIpc) is 2.68. The third-order valence-corrected chi connectivity index (χ3v) is 4.35. The van der Waals surface area contributed by atoms with E-state index in [1.165, 1.54) is 17.8 Å². The molecule has 2 N–H and O–H groups in total. The van der Waals surface area contributed by atoms with Gasteiger partial charge in [0.15, 0.2) is 0 Å². The second-order valence-corrected chi connectivity index (χ2v) is 6.76. The molecule has 2 aromatic carbocycles. The normalized spacial score (nSPS) is 10.4. The number of nitrogens with one attached hydrogen (secondary N) is 2. The van der Waals surface area contributed by atoms with E-state index < -0.39 is 0 Å². The van der Waals surface area contributed by atoms with E-state index in [0.29, 0.717) is 16.9 Å². The molecule has 5 nitrogen and oxygen atoms in total. The zero-order chi connectivity index (χ0) is 20.1. The first-order valence-electron chi connectivity index (χ1n) is 9.20. The molecule has 0 saturated carbocycles. The van der Waals surface area contributed by atoms with Gasteiger partial charge >= 0.3 is 0 Å². The average molecular weight is 373 g/mol. The van der Waals surface area contributed by atoms with E-state index in [1.807, 2.05) is 56.3 Å². The number of pyridine rings is 1. The highest BCUT2D eigenvalue weighted by atomic mass is 16.2. The number of carbonyl (C=O) groups is 2. The molecular formula is C23H23N3O2. The standard InChI is InChI=1S/C23H23N3O2/c1-4-17-5-7-19(8-6-17)25-22(27)18-9-10-24-21(14-18)23(28)26-20-12-15(2)11-16(3)13-20/h5-14H,4H2,1-3H3,(H,25,27)(H,26,28). The summed E-state index contributed by atoms with van der Waals surface area (Å²) in [4.78, 5) is 29.2. The van der Waals surface area contributed by atoms with Crippen LogP contribution in [-0.2, 0) is 6.42 Å². The number of benzene rings is 2. The molecule has 5 heteroatoms. The minimum absolute atomic E-state index is 0.188. The number of nitrogens with zero attached hydrogens (tertiary/aromatic N) is 1. The summed E-state index contributed by atoms with van der Waals surface area (Å²) in [5, 5.41) is 5.68. The molecule has 2 amide bonds. The van der Waals surface area contributed by atoms with Gasteiger partial charge in [-0.05, 0) is 73.4 Å². The van der Waals surface area contributed by atoms with Gasteiger partial charge in [0.05, 0.1) is 0 Å². The number of rotatable bonds is 5. The van der Waals surface area contributed by atoms with Gasteiger partial charge in [-0.1, -0.05) is 25.1 Å².